The molecule has 0 saturated carbocycles. The van der Waals surface area contributed by atoms with Crippen molar-refractivity contribution in [1.29, 1.82) is 0 Å². The van der Waals surface area contributed by atoms with Gasteiger partial charge in [-0.1, -0.05) is 0 Å². The van der Waals surface area contributed by atoms with E-state index in [0.29, 0.717) is 12.3 Å². The van der Waals surface area contributed by atoms with E-state index in [0.717, 1.165) is 11.6 Å². The quantitative estimate of drug-likeness (QED) is 0.777. The third-order valence-electron chi connectivity index (χ3n) is 2.18. The summed E-state index contributed by atoms with van der Waals surface area (Å²) in [7, 11) is 1.66. The number of hydrogen-bond donors (Lipinski definition) is 1. The van der Waals surface area contributed by atoms with Gasteiger partial charge in [0.25, 0.3) is 0 Å². The Kier molecular flexibility index (Phi) is 2.22. The van der Waals surface area contributed by atoms with Gasteiger partial charge in [0.05, 0.1) is 7.11 Å². The molecule has 1 aromatic rings. The van der Waals surface area contributed by atoms with Crippen molar-refractivity contribution < 1.29 is 9.53 Å². The van der Waals surface area contributed by atoms with Crippen molar-refractivity contribution in [3.8, 4) is 5.06 Å². The van der Waals surface area contributed by atoms with Crippen molar-refractivity contribution in [3.05, 3.63) is 17.0 Å². The molecular formula is C9H11NO2S. The molecule has 4 heteroatoms. The van der Waals surface area contributed by atoms with Crippen molar-refractivity contribution in [2.75, 3.05) is 13.7 Å². The van der Waals surface area contributed by atoms with E-state index in [1.807, 2.05) is 12.1 Å². The zero-order chi connectivity index (χ0) is 9.26. The highest BCUT2D eigenvalue weighted by Crippen LogP contribution is 2.33. The predicted octanol–water partition coefficient (Wildman–Crippen LogP) is 1.36. The lowest BCUT2D eigenvalue weighted by Gasteiger charge is -2.01. The Hall–Kier alpha value is -1.03. The third kappa shape index (κ3) is 1.67. The summed E-state index contributed by atoms with van der Waals surface area (Å²) in [5.74, 6) is 0.499. The van der Waals surface area contributed by atoms with E-state index in [4.69, 9.17) is 4.74 Å². The molecule has 0 aliphatic carbocycles. The Morgan fingerprint density at radius 1 is 1.62 bits per heavy atom. The van der Waals surface area contributed by atoms with Crippen LogP contribution in [0.5, 0.6) is 5.06 Å². The van der Waals surface area contributed by atoms with Crippen LogP contribution in [0.3, 0.4) is 0 Å². The van der Waals surface area contributed by atoms with Gasteiger partial charge in [-0.05, 0) is 12.1 Å². The molecule has 1 saturated heterocycles. The van der Waals surface area contributed by atoms with Crippen LogP contribution in [-0.2, 0) is 4.79 Å². The van der Waals surface area contributed by atoms with Crippen LogP contribution in [0.15, 0.2) is 12.1 Å². The van der Waals surface area contributed by atoms with E-state index in [1.54, 1.807) is 18.4 Å². The van der Waals surface area contributed by atoms with E-state index in [1.165, 1.54) is 4.88 Å². The summed E-state index contributed by atoms with van der Waals surface area (Å²) in [5, 5.41) is 3.73. The van der Waals surface area contributed by atoms with Gasteiger partial charge < -0.3 is 10.1 Å². The second-order valence-electron chi connectivity index (χ2n) is 3.07. The van der Waals surface area contributed by atoms with Crippen molar-refractivity contribution >= 4 is 17.2 Å². The molecule has 3 nitrogen and oxygen atoms in total. The van der Waals surface area contributed by atoms with E-state index >= 15 is 0 Å². The maximum atomic E-state index is 11.0. The highest BCUT2D eigenvalue weighted by Gasteiger charge is 2.24. The lowest BCUT2D eigenvalue weighted by Crippen LogP contribution is -2.13. The molecule has 0 aromatic carbocycles. The van der Waals surface area contributed by atoms with Crippen LogP contribution in [0.1, 0.15) is 17.2 Å². The SMILES string of the molecule is COc1ccc([C@@H]2CNC(=O)C2)s1. The van der Waals surface area contributed by atoms with Gasteiger partial charge in [0, 0.05) is 23.8 Å². The first kappa shape index (κ1) is 8.56. The number of thiophene rings is 1. The number of nitrogens with one attached hydrogen (secondary N) is 1. The van der Waals surface area contributed by atoms with E-state index in [2.05, 4.69) is 5.32 Å². The van der Waals surface area contributed by atoms with Gasteiger partial charge in [-0.25, -0.2) is 0 Å². The molecule has 1 atom stereocenters. The molecule has 70 valence electrons. The van der Waals surface area contributed by atoms with Crippen molar-refractivity contribution in [2.45, 2.75) is 12.3 Å². The fourth-order valence-electron chi connectivity index (χ4n) is 1.47. The van der Waals surface area contributed by atoms with E-state index in [9.17, 15) is 4.79 Å². The molecule has 1 aromatic heterocycles. The van der Waals surface area contributed by atoms with Crippen molar-refractivity contribution in [3.63, 3.8) is 0 Å². The molecule has 1 N–H and O–H groups in total. The topological polar surface area (TPSA) is 38.3 Å². The van der Waals surface area contributed by atoms with Gasteiger partial charge in [0.2, 0.25) is 5.91 Å². The number of rotatable bonds is 2. The van der Waals surface area contributed by atoms with Crippen LogP contribution in [0.2, 0.25) is 0 Å². The smallest absolute Gasteiger partial charge is 0.220 e. The highest BCUT2D eigenvalue weighted by molar-refractivity contribution is 7.13. The summed E-state index contributed by atoms with van der Waals surface area (Å²) < 4.78 is 5.09. The summed E-state index contributed by atoms with van der Waals surface area (Å²) in [6, 6.07) is 3.98. The van der Waals surface area contributed by atoms with E-state index in [-0.39, 0.29) is 5.91 Å². The second kappa shape index (κ2) is 3.38. The predicted molar refractivity (Wildman–Crippen MR) is 51.2 cm³/mol. The number of ether oxygens (including phenoxy) is 1. The van der Waals surface area contributed by atoms with Gasteiger partial charge in [-0.3, -0.25) is 4.79 Å². The Morgan fingerprint density at radius 3 is 3.00 bits per heavy atom. The number of amides is 1. The van der Waals surface area contributed by atoms with Crippen LogP contribution >= 0.6 is 11.3 Å². The summed E-state index contributed by atoms with van der Waals surface area (Å²) in [5.41, 5.74) is 0. The Bertz CT molecular complexity index is 321. The maximum absolute atomic E-state index is 11.0. The Labute approximate surface area is 80.7 Å². The summed E-state index contributed by atoms with van der Waals surface area (Å²) in [6.45, 7) is 0.766. The van der Waals surface area contributed by atoms with Gasteiger partial charge in [-0.2, -0.15) is 0 Å². The van der Waals surface area contributed by atoms with Gasteiger partial charge in [-0.15, -0.1) is 11.3 Å². The lowest BCUT2D eigenvalue weighted by atomic mass is 10.1. The van der Waals surface area contributed by atoms with Crippen LogP contribution in [-0.4, -0.2) is 19.6 Å². The minimum absolute atomic E-state index is 0.150. The summed E-state index contributed by atoms with van der Waals surface area (Å²) in [6.07, 6.45) is 0.615. The maximum Gasteiger partial charge on any atom is 0.220 e. The molecule has 0 radical (unpaired) electrons. The largest absolute Gasteiger partial charge is 0.487 e. The average molecular weight is 197 g/mol. The average Bonchev–Trinajstić information content (AvgIpc) is 2.71. The zero-order valence-corrected chi connectivity index (χ0v) is 8.19. The minimum Gasteiger partial charge on any atom is -0.487 e. The van der Waals surface area contributed by atoms with E-state index < -0.39 is 0 Å². The number of carbonyl (C=O) groups is 1. The van der Waals surface area contributed by atoms with Crippen LogP contribution in [0.25, 0.3) is 0 Å². The monoisotopic (exact) mass is 197 g/mol. The van der Waals surface area contributed by atoms with Gasteiger partial charge in [0.1, 0.15) is 0 Å². The first-order valence-corrected chi connectivity index (χ1v) is 5.01. The standard InChI is InChI=1S/C9H11NO2S/c1-12-9-3-2-7(13-9)6-4-8(11)10-5-6/h2-3,6H,4-5H2,1H3,(H,10,11)/t6-/m0/s1. The molecule has 0 bridgehead atoms. The number of hydrogen-bond acceptors (Lipinski definition) is 3. The molecule has 0 spiro atoms. The van der Waals surface area contributed by atoms with Crippen molar-refractivity contribution in [2.24, 2.45) is 0 Å². The Balaban J connectivity index is 2.12. The highest BCUT2D eigenvalue weighted by atomic mass is 32.1. The molecule has 2 rings (SSSR count). The summed E-state index contributed by atoms with van der Waals surface area (Å²) >= 11 is 1.62. The molecule has 1 aliphatic heterocycles. The lowest BCUT2D eigenvalue weighted by molar-refractivity contribution is -0.119. The fraction of sp³-hybridized carbons (Fsp3) is 0.444. The molecule has 1 aliphatic rings. The zero-order valence-electron chi connectivity index (χ0n) is 7.37. The van der Waals surface area contributed by atoms with Gasteiger partial charge in [0.15, 0.2) is 5.06 Å². The second-order valence-corrected chi connectivity index (χ2v) is 4.14. The third-order valence-corrected chi connectivity index (χ3v) is 3.39. The molecular weight excluding hydrogens is 186 g/mol. The molecule has 1 amide bonds. The summed E-state index contributed by atoms with van der Waals surface area (Å²) in [4.78, 5) is 12.2. The van der Waals surface area contributed by atoms with Gasteiger partial charge >= 0.3 is 0 Å². The van der Waals surface area contributed by atoms with Crippen LogP contribution in [0.4, 0.5) is 0 Å². The van der Waals surface area contributed by atoms with Crippen LogP contribution in [0, 0.1) is 0 Å². The van der Waals surface area contributed by atoms with Crippen molar-refractivity contribution in [1.82, 2.24) is 5.32 Å². The Morgan fingerprint density at radius 2 is 2.46 bits per heavy atom. The fourth-order valence-corrected chi connectivity index (χ4v) is 2.39. The first-order chi connectivity index (χ1) is 6.29. The molecule has 2 heterocycles. The molecule has 0 unspecified atom stereocenters. The minimum atomic E-state index is 0.150. The molecule has 13 heavy (non-hydrogen) atoms. The van der Waals surface area contributed by atoms with Crippen LogP contribution < -0.4 is 10.1 Å². The number of methoxy groups -OCH3 is 1. The molecule has 1 fully saturated rings. The first-order valence-electron chi connectivity index (χ1n) is 4.20. The normalized spacial score (nSPS) is 21.6. The number of carbonyl (C=O) groups excluding carboxylic acids is 1.